The van der Waals surface area contributed by atoms with Gasteiger partial charge < -0.3 is 15.2 Å². The van der Waals surface area contributed by atoms with Gasteiger partial charge in [0, 0.05) is 12.3 Å². The summed E-state index contributed by atoms with van der Waals surface area (Å²) in [7, 11) is 0. The highest BCUT2D eigenvalue weighted by Crippen LogP contribution is 2.44. The van der Waals surface area contributed by atoms with Gasteiger partial charge in [0.15, 0.2) is 0 Å². The Labute approximate surface area is 204 Å². The van der Waals surface area contributed by atoms with Gasteiger partial charge in [-0.3, -0.25) is 0 Å². The van der Waals surface area contributed by atoms with E-state index < -0.39 is 18.1 Å². The standard InChI is InChI=1S/C30H25NO4/c32-29(33)28(18-20-9-8-12-22(17-20)21-10-2-1-3-11-21)31-30(34)35-19-27-25-15-6-4-13-23(25)24-14-5-7-16-26(24)27/h1-17,27-28H,18-19H2,(H,31,34)(H,32,33)/t28-/m1/s1. The largest absolute Gasteiger partial charge is 0.480 e. The van der Waals surface area contributed by atoms with Gasteiger partial charge in [-0.25, -0.2) is 9.59 Å². The Morgan fingerprint density at radius 3 is 2.03 bits per heavy atom. The molecular formula is C30H25NO4. The maximum atomic E-state index is 12.6. The molecule has 0 saturated heterocycles. The van der Waals surface area contributed by atoms with E-state index in [0.717, 1.165) is 38.9 Å². The number of carbonyl (C=O) groups excluding carboxylic acids is 1. The van der Waals surface area contributed by atoms with Gasteiger partial charge in [0.25, 0.3) is 0 Å². The molecule has 0 fully saturated rings. The quantitative estimate of drug-likeness (QED) is 0.358. The lowest BCUT2D eigenvalue weighted by Gasteiger charge is -2.18. The van der Waals surface area contributed by atoms with E-state index in [1.807, 2.05) is 91.0 Å². The second-order valence-corrected chi connectivity index (χ2v) is 8.63. The highest BCUT2D eigenvalue weighted by molar-refractivity contribution is 5.81. The van der Waals surface area contributed by atoms with Crippen LogP contribution >= 0.6 is 0 Å². The first-order valence-corrected chi connectivity index (χ1v) is 11.6. The lowest BCUT2D eigenvalue weighted by molar-refractivity contribution is -0.139. The SMILES string of the molecule is O=C(N[C@H](Cc1cccc(-c2ccccc2)c1)C(=O)O)OCC1c2ccccc2-c2ccccc21. The van der Waals surface area contributed by atoms with E-state index in [0.29, 0.717) is 0 Å². The van der Waals surface area contributed by atoms with Gasteiger partial charge in [0.1, 0.15) is 12.6 Å². The van der Waals surface area contributed by atoms with E-state index in [2.05, 4.69) is 17.4 Å². The Kier molecular flexibility index (Phi) is 6.31. The van der Waals surface area contributed by atoms with Crippen LogP contribution in [0.2, 0.25) is 0 Å². The van der Waals surface area contributed by atoms with Crippen LogP contribution < -0.4 is 5.32 Å². The predicted molar refractivity (Wildman–Crippen MR) is 135 cm³/mol. The Balaban J connectivity index is 1.26. The maximum absolute atomic E-state index is 12.6. The fraction of sp³-hybridized carbons (Fsp3) is 0.133. The van der Waals surface area contributed by atoms with Crippen molar-refractivity contribution in [1.29, 1.82) is 0 Å². The van der Waals surface area contributed by atoms with Gasteiger partial charge in [-0.1, -0.05) is 103 Å². The number of fused-ring (bicyclic) bond motifs is 3. The lowest BCUT2D eigenvalue weighted by atomic mass is 9.98. The van der Waals surface area contributed by atoms with Crippen molar-refractivity contribution >= 4 is 12.1 Å². The Morgan fingerprint density at radius 2 is 1.37 bits per heavy atom. The molecule has 4 aromatic carbocycles. The monoisotopic (exact) mass is 463 g/mol. The van der Waals surface area contributed by atoms with Crippen LogP contribution in [-0.2, 0) is 16.0 Å². The van der Waals surface area contributed by atoms with Crippen LogP contribution in [0.5, 0.6) is 0 Å². The Bertz CT molecular complexity index is 1320. The number of amides is 1. The van der Waals surface area contributed by atoms with E-state index in [-0.39, 0.29) is 18.9 Å². The van der Waals surface area contributed by atoms with Gasteiger partial charge in [-0.15, -0.1) is 0 Å². The van der Waals surface area contributed by atoms with Gasteiger partial charge in [0.2, 0.25) is 0 Å². The maximum Gasteiger partial charge on any atom is 0.407 e. The molecule has 0 spiro atoms. The number of carbonyl (C=O) groups is 2. The zero-order valence-corrected chi connectivity index (χ0v) is 19.1. The minimum absolute atomic E-state index is 0.0843. The van der Waals surface area contributed by atoms with Crippen LogP contribution in [0.25, 0.3) is 22.3 Å². The third-order valence-corrected chi connectivity index (χ3v) is 6.41. The zero-order chi connectivity index (χ0) is 24.2. The molecule has 0 unspecified atom stereocenters. The van der Waals surface area contributed by atoms with Crippen LogP contribution in [0.1, 0.15) is 22.6 Å². The summed E-state index contributed by atoms with van der Waals surface area (Å²) in [4.78, 5) is 24.5. The smallest absolute Gasteiger partial charge is 0.407 e. The highest BCUT2D eigenvalue weighted by Gasteiger charge is 2.29. The zero-order valence-electron chi connectivity index (χ0n) is 19.1. The molecule has 1 amide bonds. The van der Waals surface area contributed by atoms with Crippen LogP contribution in [0, 0.1) is 0 Å². The summed E-state index contributed by atoms with van der Waals surface area (Å²) in [6.45, 7) is 0.135. The van der Waals surface area contributed by atoms with Crippen molar-refractivity contribution in [2.24, 2.45) is 0 Å². The second-order valence-electron chi connectivity index (χ2n) is 8.63. The molecule has 5 heteroatoms. The molecule has 2 N–H and O–H groups in total. The Hall–Kier alpha value is -4.38. The number of alkyl carbamates (subject to hydrolysis) is 1. The summed E-state index contributed by atoms with van der Waals surface area (Å²) >= 11 is 0. The summed E-state index contributed by atoms with van der Waals surface area (Å²) in [5.74, 6) is -1.19. The van der Waals surface area contributed by atoms with Crippen molar-refractivity contribution in [3.63, 3.8) is 0 Å². The molecule has 1 aliphatic carbocycles. The molecule has 0 aromatic heterocycles. The van der Waals surface area contributed by atoms with E-state index in [9.17, 15) is 14.7 Å². The molecule has 0 saturated carbocycles. The molecule has 4 aromatic rings. The summed E-state index contributed by atoms with van der Waals surface area (Å²) < 4.78 is 5.54. The number of nitrogens with one attached hydrogen (secondary N) is 1. The van der Waals surface area contributed by atoms with Gasteiger partial charge >= 0.3 is 12.1 Å². The van der Waals surface area contributed by atoms with Crippen molar-refractivity contribution in [2.75, 3.05) is 6.61 Å². The lowest BCUT2D eigenvalue weighted by Crippen LogP contribution is -2.42. The first-order valence-electron chi connectivity index (χ1n) is 11.6. The van der Waals surface area contributed by atoms with Crippen molar-refractivity contribution in [3.8, 4) is 22.3 Å². The fourth-order valence-corrected chi connectivity index (χ4v) is 4.73. The average molecular weight is 464 g/mol. The van der Waals surface area contributed by atoms with Gasteiger partial charge in [-0.2, -0.15) is 0 Å². The number of carboxylic acid groups (broad SMARTS) is 1. The van der Waals surface area contributed by atoms with Crippen molar-refractivity contribution in [3.05, 3.63) is 120 Å². The number of rotatable bonds is 7. The molecule has 0 radical (unpaired) electrons. The molecule has 174 valence electrons. The molecule has 35 heavy (non-hydrogen) atoms. The predicted octanol–water partition coefficient (Wildman–Crippen LogP) is 5.89. The molecule has 0 aliphatic heterocycles. The molecule has 1 atom stereocenters. The van der Waals surface area contributed by atoms with Gasteiger partial charge in [-0.05, 0) is 38.9 Å². The molecule has 0 heterocycles. The molecule has 5 rings (SSSR count). The molecular weight excluding hydrogens is 438 g/mol. The normalized spacial score (nSPS) is 12.9. The van der Waals surface area contributed by atoms with E-state index >= 15 is 0 Å². The number of carboxylic acids is 1. The molecule has 5 nitrogen and oxygen atoms in total. The first-order chi connectivity index (χ1) is 17.1. The van der Waals surface area contributed by atoms with E-state index in [4.69, 9.17) is 4.74 Å². The molecule has 0 bridgehead atoms. The van der Waals surface area contributed by atoms with Crippen molar-refractivity contribution in [1.82, 2.24) is 5.32 Å². The summed E-state index contributed by atoms with van der Waals surface area (Å²) in [5.41, 5.74) is 7.34. The summed E-state index contributed by atoms with van der Waals surface area (Å²) in [5, 5.41) is 12.3. The number of hydrogen-bond donors (Lipinski definition) is 2. The number of aliphatic carboxylic acids is 1. The topological polar surface area (TPSA) is 75.6 Å². The summed E-state index contributed by atoms with van der Waals surface area (Å²) in [6.07, 6.45) is -0.585. The highest BCUT2D eigenvalue weighted by atomic mass is 16.5. The van der Waals surface area contributed by atoms with Crippen LogP contribution in [0.3, 0.4) is 0 Å². The average Bonchev–Trinajstić information content (AvgIpc) is 3.21. The fourth-order valence-electron chi connectivity index (χ4n) is 4.73. The number of ether oxygens (including phenoxy) is 1. The number of benzene rings is 4. The number of hydrogen-bond acceptors (Lipinski definition) is 3. The van der Waals surface area contributed by atoms with E-state index in [1.54, 1.807) is 0 Å². The second kappa shape index (κ2) is 9.85. The van der Waals surface area contributed by atoms with Gasteiger partial charge in [0.05, 0.1) is 0 Å². The van der Waals surface area contributed by atoms with Crippen LogP contribution in [0.4, 0.5) is 4.79 Å². The third kappa shape index (κ3) is 4.80. The minimum atomic E-state index is -1.11. The summed E-state index contributed by atoms with van der Waals surface area (Å²) in [6, 6.07) is 32.6. The van der Waals surface area contributed by atoms with Crippen LogP contribution in [0.15, 0.2) is 103 Å². The van der Waals surface area contributed by atoms with Crippen LogP contribution in [-0.4, -0.2) is 29.8 Å². The van der Waals surface area contributed by atoms with Crippen molar-refractivity contribution in [2.45, 2.75) is 18.4 Å². The van der Waals surface area contributed by atoms with Crippen molar-refractivity contribution < 1.29 is 19.4 Å². The third-order valence-electron chi connectivity index (χ3n) is 6.41. The van der Waals surface area contributed by atoms with E-state index in [1.165, 1.54) is 0 Å². The first kappa shape index (κ1) is 22.4. The minimum Gasteiger partial charge on any atom is -0.480 e. The molecule has 1 aliphatic rings. The Morgan fingerprint density at radius 1 is 0.771 bits per heavy atom.